The van der Waals surface area contributed by atoms with E-state index in [9.17, 15) is 9.59 Å². The molecule has 18 heavy (non-hydrogen) atoms. The molecule has 0 saturated carbocycles. The molecule has 7 heteroatoms. The summed E-state index contributed by atoms with van der Waals surface area (Å²) in [6.45, 7) is 3.67. The van der Waals surface area contributed by atoms with Crippen molar-refractivity contribution in [2.45, 2.75) is 19.4 Å². The number of amides is 1. The lowest BCUT2D eigenvalue weighted by molar-refractivity contribution is -0.136. The van der Waals surface area contributed by atoms with E-state index in [-0.39, 0.29) is 19.6 Å². The highest BCUT2D eigenvalue weighted by molar-refractivity contribution is 5.67. The van der Waals surface area contributed by atoms with E-state index in [0.29, 0.717) is 17.9 Å². The summed E-state index contributed by atoms with van der Waals surface area (Å²) in [6.07, 6.45) is 1.15. The summed E-state index contributed by atoms with van der Waals surface area (Å²) in [5, 5.41) is 14.6. The number of nitrogens with one attached hydrogen (secondary N) is 1. The van der Waals surface area contributed by atoms with Gasteiger partial charge < -0.3 is 19.7 Å². The summed E-state index contributed by atoms with van der Waals surface area (Å²) >= 11 is 0. The van der Waals surface area contributed by atoms with E-state index >= 15 is 0 Å². The van der Waals surface area contributed by atoms with Crippen LogP contribution in [0.4, 0.5) is 4.79 Å². The molecule has 1 aromatic rings. The lowest BCUT2D eigenvalue weighted by Crippen LogP contribution is -2.23. The third-order valence-corrected chi connectivity index (χ3v) is 1.94. The number of aliphatic carboxylic acids is 1. The van der Waals surface area contributed by atoms with E-state index in [1.54, 1.807) is 6.07 Å². The molecule has 0 aliphatic carbocycles. The van der Waals surface area contributed by atoms with Crippen molar-refractivity contribution >= 4 is 12.1 Å². The maximum atomic E-state index is 11.1. The fourth-order valence-electron chi connectivity index (χ4n) is 1.14. The molecule has 98 valence electrons. The topological polar surface area (TPSA) is 102 Å². The lowest BCUT2D eigenvalue weighted by Gasteiger charge is -2.01. The molecule has 0 aliphatic heterocycles. The maximum Gasteiger partial charge on any atom is 0.407 e. The van der Waals surface area contributed by atoms with Gasteiger partial charge in [-0.05, 0) is 0 Å². The Kier molecular flexibility index (Phi) is 5.43. The third kappa shape index (κ3) is 5.15. The van der Waals surface area contributed by atoms with Gasteiger partial charge in [-0.2, -0.15) is 0 Å². The number of carboxylic acids is 1. The van der Waals surface area contributed by atoms with Gasteiger partial charge in [-0.15, -0.1) is 0 Å². The number of nitrogens with zero attached hydrogens (tertiary/aromatic N) is 1. The second-order valence-corrected chi connectivity index (χ2v) is 3.42. The molecular weight excluding hydrogens is 240 g/mol. The first-order valence-electron chi connectivity index (χ1n) is 5.29. The molecule has 1 aromatic heterocycles. The molecule has 0 spiro atoms. The Hall–Kier alpha value is -2.31. The molecule has 7 nitrogen and oxygen atoms in total. The second-order valence-electron chi connectivity index (χ2n) is 3.42. The number of aromatic nitrogens is 1. The molecule has 0 atom stereocenters. The Morgan fingerprint density at radius 2 is 2.39 bits per heavy atom. The van der Waals surface area contributed by atoms with Gasteiger partial charge in [0.05, 0.1) is 18.7 Å². The van der Waals surface area contributed by atoms with Crippen LogP contribution in [0, 0.1) is 0 Å². The van der Waals surface area contributed by atoms with Gasteiger partial charge in [0.1, 0.15) is 6.61 Å². The SMILES string of the molecule is C=CCOC(=O)NCc1cc(CCC(=O)O)no1. The summed E-state index contributed by atoms with van der Waals surface area (Å²) in [5.41, 5.74) is 0.536. The number of hydrogen-bond donors (Lipinski definition) is 2. The van der Waals surface area contributed by atoms with Crippen LogP contribution in [0.25, 0.3) is 0 Å². The van der Waals surface area contributed by atoms with Crippen molar-refractivity contribution in [3.05, 3.63) is 30.2 Å². The van der Waals surface area contributed by atoms with Crippen molar-refractivity contribution in [2.24, 2.45) is 0 Å². The third-order valence-electron chi connectivity index (χ3n) is 1.94. The van der Waals surface area contributed by atoms with E-state index in [2.05, 4.69) is 17.1 Å². The van der Waals surface area contributed by atoms with Crippen LogP contribution in [0.2, 0.25) is 0 Å². The van der Waals surface area contributed by atoms with Crippen molar-refractivity contribution < 1.29 is 24.0 Å². The summed E-state index contributed by atoms with van der Waals surface area (Å²) in [5.74, 6) is -0.461. The van der Waals surface area contributed by atoms with Crippen molar-refractivity contribution in [1.29, 1.82) is 0 Å². The number of carbonyl (C=O) groups excluding carboxylic acids is 1. The predicted octanol–water partition coefficient (Wildman–Crippen LogP) is 1.10. The van der Waals surface area contributed by atoms with Crippen LogP contribution in [0.15, 0.2) is 23.2 Å². The maximum absolute atomic E-state index is 11.1. The number of hydrogen-bond acceptors (Lipinski definition) is 5. The monoisotopic (exact) mass is 254 g/mol. The van der Waals surface area contributed by atoms with Gasteiger partial charge in [-0.3, -0.25) is 4.79 Å². The van der Waals surface area contributed by atoms with Gasteiger partial charge in [0.2, 0.25) is 0 Å². The van der Waals surface area contributed by atoms with Crippen LogP contribution in [-0.2, 0) is 22.5 Å². The minimum absolute atomic E-state index is 0.0131. The Bertz CT molecular complexity index is 427. The van der Waals surface area contributed by atoms with Crippen LogP contribution in [0.3, 0.4) is 0 Å². The number of alkyl carbamates (subject to hydrolysis) is 1. The zero-order valence-electron chi connectivity index (χ0n) is 9.72. The van der Waals surface area contributed by atoms with Crippen molar-refractivity contribution in [1.82, 2.24) is 10.5 Å². The van der Waals surface area contributed by atoms with Crippen LogP contribution < -0.4 is 5.32 Å². The molecule has 1 rings (SSSR count). The quantitative estimate of drug-likeness (QED) is 0.706. The van der Waals surface area contributed by atoms with Gasteiger partial charge in [0.15, 0.2) is 5.76 Å². The largest absolute Gasteiger partial charge is 0.481 e. The second kappa shape index (κ2) is 7.10. The standard InChI is InChI=1S/C11H14N2O5/c1-2-5-17-11(16)12-7-9-6-8(13-18-9)3-4-10(14)15/h2,6H,1,3-5,7H2,(H,12,16)(H,14,15). The first-order valence-corrected chi connectivity index (χ1v) is 5.29. The Labute approximate surface area is 103 Å². The highest BCUT2D eigenvalue weighted by atomic mass is 16.5. The molecular formula is C11H14N2O5. The number of carbonyl (C=O) groups is 2. The van der Waals surface area contributed by atoms with Crippen LogP contribution in [0.5, 0.6) is 0 Å². The molecule has 0 aliphatic rings. The molecule has 0 fully saturated rings. The number of carboxylic acid groups (broad SMARTS) is 1. The molecule has 0 aromatic carbocycles. The first kappa shape index (κ1) is 13.8. The van der Waals surface area contributed by atoms with Gasteiger partial charge in [-0.25, -0.2) is 4.79 Å². The Morgan fingerprint density at radius 1 is 1.61 bits per heavy atom. The smallest absolute Gasteiger partial charge is 0.407 e. The molecule has 0 radical (unpaired) electrons. The summed E-state index contributed by atoms with van der Waals surface area (Å²) in [4.78, 5) is 21.4. The van der Waals surface area contributed by atoms with Gasteiger partial charge in [-0.1, -0.05) is 17.8 Å². The number of ether oxygens (including phenoxy) is 1. The summed E-state index contributed by atoms with van der Waals surface area (Å²) < 4.78 is 9.61. The molecule has 1 heterocycles. The zero-order valence-corrected chi connectivity index (χ0v) is 9.72. The van der Waals surface area contributed by atoms with Gasteiger partial charge in [0.25, 0.3) is 0 Å². The molecule has 0 unspecified atom stereocenters. The fourth-order valence-corrected chi connectivity index (χ4v) is 1.14. The van der Waals surface area contributed by atoms with Gasteiger partial charge in [0, 0.05) is 12.5 Å². The van der Waals surface area contributed by atoms with E-state index in [1.807, 2.05) is 0 Å². The normalized spacial score (nSPS) is 9.78. The number of aryl methyl sites for hydroxylation is 1. The fraction of sp³-hybridized carbons (Fsp3) is 0.364. The number of rotatable bonds is 7. The van der Waals surface area contributed by atoms with Gasteiger partial charge >= 0.3 is 12.1 Å². The van der Waals surface area contributed by atoms with E-state index < -0.39 is 12.1 Å². The Morgan fingerprint density at radius 3 is 3.06 bits per heavy atom. The Balaban J connectivity index is 2.32. The highest BCUT2D eigenvalue weighted by Crippen LogP contribution is 2.05. The van der Waals surface area contributed by atoms with E-state index in [0.717, 1.165) is 0 Å². The van der Waals surface area contributed by atoms with Crippen LogP contribution >= 0.6 is 0 Å². The lowest BCUT2D eigenvalue weighted by atomic mass is 10.2. The minimum atomic E-state index is -0.898. The average molecular weight is 254 g/mol. The summed E-state index contributed by atoms with van der Waals surface area (Å²) in [6, 6.07) is 1.59. The van der Waals surface area contributed by atoms with Crippen molar-refractivity contribution in [3.8, 4) is 0 Å². The van der Waals surface area contributed by atoms with E-state index in [1.165, 1.54) is 6.08 Å². The first-order chi connectivity index (χ1) is 8.61. The average Bonchev–Trinajstić information content (AvgIpc) is 2.79. The van der Waals surface area contributed by atoms with Crippen molar-refractivity contribution in [2.75, 3.05) is 6.61 Å². The zero-order chi connectivity index (χ0) is 13.4. The minimum Gasteiger partial charge on any atom is -0.481 e. The van der Waals surface area contributed by atoms with Crippen LogP contribution in [0.1, 0.15) is 17.9 Å². The molecule has 0 saturated heterocycles. The highest BCUT2D eigenvalue weighted by Gasteiger charge is 2.08. The molecule has 1 amide bonds. The van der Waals surface area contributed by atoms with Crippen molar-refractivity contribution in [3.63, 3.8) is 0 Å². The van der Waals surface area contributed by atoms with E-state index in [4.69, 9.17) is 14.4 Å². The molecule has 0 bridgehead atoms. The van der Waals surface area contributed by atoms with Crippen LogP contribution in [-0.4, -0.2) is 28.9 Å². The predicted molar refractivity (Wildman–Crippen MR) is 60.8 cm³/mol. The summed E-state index contributed by atoms with van der Waals surface area (Å²) in [7, 11) is 0. The molecule has 2 N–H and O–H groups in total.